The van der Waals surface area contributed by atoms with Gasteiger partial charge in [-0.25, -0.2) is 4.98 Å². The summed E-state index contributed by atoms with van der Waals surface area (Å²) in [6.45, 7) is 9.25. The molecule has 28 heavy (non-hydrogen) atoms. The SMILES string of the molecule is CC1(C)CCCN(c2nc(Cl)c(C#N)c3c2CCN(Cc2ccccc2)C3)C1. The van der Waals surface area contributed by atoms with E-state index in [2.05, 4.69) is 54.0 Å². The lowest BCUT2D eigenvalue weighted by molar-refractivity contribution is 0.244. The van der Waals surface area contributed by atoms with Crippen molar-refractivity contribution in [3.05, 3.63) is 57.7 Å². The van der Waals surface area contributed by atoms with Gasteiger partial charge in [-0.1, -0.05) is 55.8 Å². The van der Waals surface area contributed by atoms with Gasteiger partial charge in [0.1, 0.15) is 17.0 Å². The highest BCUT2D eigenvalue weighted by atomic mass is 35.5. The molecule has 0 atom stereocenters. The molecule has 2 aliphatic heterocycles. The monoisotopic (exact) mass is 394 g/mol. The number of hydrogen-bond donors (Lipinski definition) is 0. The Hall–Kier alpha value is -2.09. The van der Waals surface area contributed by atoms with E-state index in [1.54, 1.807) is 0 Å². The highest BCUT2D eigenvalue weighted by Gasteiger charge is 2.32. The number of piperidine rings is 1. The Bertz CT molecular complexity index is 901. The van der Waals surface area contributed by atoms with Gasteiger partial charge in [0.15, 0.2) is 0 Å². The van der Waals surface area contributed by atoms with Gasteiger partial charge in [0.25, 0.3) is 0 Å². The third kappa shape index (κ3) is 3.87. The van der Waals surface area contributed by atoms with Gasteiger partial charge in [0, 0.05) is 38.3 Å². The quantitative estimate of drug-likeness (QED) is 0.702. The van der Waals surface area contributed by atoms with Crippen LogP contribution < -0.4 is 4.90 Å². The van der Waals surface area contributed by atoms with Crippen molar-refractivity contribution in [1.82, 2.24) is 9.88 Å². The fraction of sp³-hybridized carbons (Fsp3) is 0.478. The van der Waals surface area contributed by atoms with Gasteiger partial charge in [-0.15, -0.1) is 0 Å². The summed E-state index contributed by atoms with van der Waals surface area (Å²) in [4.78, 5) is 9.50. The van der Waals surface area contributed by atoms with Crippen LogP contribution in [-0.2, 0) is 19.5 Å². The van der Waals surface area contributed by atoms with Gasteiger partial charge in [0.05, 0.1) is 5.56 Å². The van der Waals surface area contributed by atoms with Crippen LogP contribution in [0.3, 0.4) is 0 Å². The minimum atomic E-state index is 0.279. The zero-order chi connectivity index (χ0) is 19.7. The topological polar surface area (TPSA) is 43.2 Å². The number of halogens is 1. The molecule has 1 saturated heterocycles. The molecule has 2 aromatic rings. The molecule has 5 heteroatoms. The van der Waals surface area contributed by atoms with Crippen LogP contribution in [0, 0.1) is 16.7 Å². The average Bonchev–Trinajstić information content (AvgIpc) is 2.67. The fourth-order valence-corrected chi connectivity index (χ4v) is 4.83. The summed E-state index contributed by atoms with van der Waals surface area (Å²) in [7, 11) is 0. The Morgan fingerprint density at radius 3 is 2.68 bits per heavy atom. The van der Waals surface area contributed by atoms with E-state index >= 15 is 0 Å². The van der Waals surface area contributed by atoms with Crippen LogP contribution in [0.15, 0.2) is 30.3 Å². The van der Waals surface area contributed by atoms with Gasteiger partial charge in [0.2, 0.25) is 0 Å². The van der Waals surface area contributed by atoms with Gasteiger partial charge in [-0.05, 0) is 35.8 Å². The normalized spacial score (nSPS) is 19.1. The first-order valence-corrected chi connectivity index (χ1v) is 10.5. The maximum Gasteiger partial charge on any atom is 0.149 e. The van der Waals surface area contributed by atoms with E-state index in [9.17, 15) is 5.26 Å². The summed E-state index contributed by atoms with van der Waals surface area (Å²) in [6.07, 6.45) is 3.31. The third-order valence-electron chi connectivity index (χ3n) is 5.97. The minimum absolute atomic E-state index is 0.279. The van der Waals surface area contributed by atoms with Gasteiger partial charge in [-0.3, -0.25) is 4.90 Å². The lowest BCUT2D eigenvalue weighted by atomic mass is 9.83. The summed E-state index contributed by atoms with van der Waals surface area (Å²) in [5.74, 6) is 1.01. The van der Waals surface area contributed by atoms with Crippen molar-refractivity contribution in [2.24, 2.45) is 5.41 Å². The van der Waals surface area contributed by atoms with Crippen LogP contribution in [0.25, 0.3) is 0 Å². The average molecular weight is 395 g/mol. The Morgan fingerprint density at radius 1 is 1.18 bits per heavy atom. The lowest BCUT2D eigenvalue weighted by Gasteiger charge is -2.41. The van der Waals surface area contributed by atoms with Crippen molar-refractivity contribution in [2.45, 2.75) is 46.2 Å². The zero-order valence-corrected chi connectivity index (χ0v) is 17.5. The Kier molecular flexibility index (Phi) is 5.31. The number of benzene rings is 1. The van der Waals surface area contributed by atoms with Gasteiger partial charge in [-0.2, -0.15) is 5.26 Å². The summed E-state index contributed by atoms with van der Waals surface area (Å²) in [5.41, 5.74) is 4.42. The van der Waals surface area contributed by atoms with E-state index in [0.29, 0.717) is 10.7 Å². The van der Waals surface area contributed by atoms with E-state index in [1.165, 1.54) is 24.0 Å². The molecular formula is C23H27ClN4. The maximum absolute atomic E-state index is 9.73. The van der Waals surface area contributed by atoms with Crippen molar-refractivity contribution in [3.63, 3.8) is 0 Å². The summed E-state index contributed by atoms with van der Waals surface area (Å²) in [5, 5.41) is 10.1. The molecule has 0 spiro atoms. The first-order valence-electron chi connectivity index (χ1n) is 10.1. The van der Waals surface area contributed by atoms with E-state index in [-0.39, 0.29) is 5.41 Å². The van der Waals surface area contributed by atoms with Crippen LogP contribution in [0.5, 0.6) is 0 Å². The fourth-order valence-electron chi connectivity index (χ4n) is 4.59. The highest BCUT2D eigenvalue weighted by molar-refractivity contribution is 6.30. The molecule has 0 radical (unpaired) electrons. The zero-order valence-electron chi connectivity index (χ0n) is 16.7. The molecule has 0 bridgehead atoms. The van der Waals surface area contributed by atoms with E-state index < -0.39 is 0 Å². The van der Waals surface area contributed by atoms with Crippen LogP contribution in [0.4, 0.5) is 5.82 Å². The molecule has 0 unspecified atom stereocenters. The van der Waals surface area contributed by atoms with Crippen molar-refractivity contribution >= 4 is 17.4 Å². The third-order valence-corrected chi connectivity index (χ3v) is 6.24. The van der Waals surface area contributed by atoms with Crippen LogP contribution in [0.2, 0.25) is 5.15 Å². The van der Waals surface area contributed by atoms with E-state index in [4.69, 9.17) is 16.6 Å². The first-order chi connectivity index (χ1) is 13.5. The van der Waals surface area contributed by atoms with Crippen molar-refractivity contribution in [2.75, 3.05) is 24.5 Å². The molecule has 0 saturated carbocycles. The second-order valence-corrected chi connectivity index (χ2v) is 9.16. The van der Waals surface area contributed by atoms with Gasteiger partial charge < -0.3 is 4.90 Å². The lowest BCUT2D eigenvalue weighted by Crippen LogP contribution is -2.42. The van der Waals surface area contributed by atoms with E-state index in [0.717, 1.165) is 50.5 Å². The Morgan fingerprint density at radius 2 is 1.96 bits per heavy atom. The molecule has 1 fully saturated rings. The summed E-state index contributed by atoms with van der Waals surface area (Å²) < 4.78 is 0. The Labute approximate surface area is 172 Å². The van der Waals surface area contributed by atoms with Gasteiger partial charge >= 0.3 is 0 Å². The molecule has 0 aliphatic carbocycles. The molecular weight excluding hydrogens is 368 g/mol. The minimum Gasteiger partial charge on any atom is -0.356 e. The standard InChI is InChI=1S/C23H27ClN4/c1-23(2)10-6-11-28(16-23)22-18-9-12-27(14-17-7-4-3-5-8-17)15-20(18)19(13-25)21(24)26-22/h3-5,7-8H,6,9-12,14-16H2,1-2H3. The molecule has 146 valence electrons. The number of nitriles is 1. The molecule has 4 nitrogen and oxygen atoms in total. The molecule has 1 aromatic heterocycles. The molecule has 1 aromatic carbocycles. The largest absolute Gasteiger partial charge is 0.356 e. The maximum atomic E-state index is 9.73. The second-order valence-electron chi connectivity index (χ2n) is 8.81. The molecule has 2 aliphatic rings. The number of anilines is 1. The van der Waals surface area contributed by atoms with Crippen LogP contribution >= 0.6 is 11.6 Å². The predicted molar refractivity (Wildman–Crippen MR) is 113 cm³/mol. The van der Waals surface area contributed by atoms with E-state index in [1.807, 2.05) is 6.07 Å². The predicted octanol–water partition coefficient (Wildman–Crippen LogP) is 4.79. The number of aromatic nitrogens is 1. The first kappa shape index (κ1) is 19.2. The number of fused-ring (bicyclic) bond motifs is 1. The number of rotatable bonds is 3. The number of nitrogens with zero attached hydrogens (tertiary/aromatic N) is 4. The van der Waals surface area contributed by atoms with Crippen molar-refractivity contribution < 1.29 is 0 Å². The van der Waals surface area contributed by atoms with Crippen LogP contribution in [-0.4, -0.2) is 29.5 Å². The Balaban J connectivity index is 1.67. The van der Waals surface area contributed by atoms with Crippen molar-refractivity contribution in [1.29, 1.82) is 5.26 Å². The second kappa shape index (κ2) is 7.73. The van der Waals surface area contributed by atoms with Crippen molar-refractivity contribution in [3.8, 4) is 6.07 Å². The number of pyridine rings is 1. The molecule has 0 amide bonds. The molecule has 3 heterocycles. The van der Waals surface area contributed by atoms with Crippen LogP contribution in [0.1, 0.15) is 48.9 Å². The summed E-state index contributed by atoms with van der Waals surface area (Å²) >= 11 is 6.49. The summed E-state index contributed by atoms with van der Waals surface area (Å²) in [6, 6.07) is 12.8. The smallest absolute Gasteiger partial charge is 0.149 e. The number of hydrogen-bond acceptors (Lipinski definition) is 4. The molecule has 0 N–H and O–H groups in total. The highest BCUT2D eigenvalue weighted by Crippen LogP contribution is 2.37. The molecule has 4 rings (SSSR count).